The molecule has 0 heterocycles. The topological polar surface area (TPSA) is 261 Å². The molecular weight excluding hydrogens is 436 g/mol. The van der Waals surface area contributed by atoms with Crippen LogP contribution in [0.15, 0.2) is 4.99 Å². The summed E-state index contributed by atoms with van der Waals surface area (Å²) in [5.41, 5.74) is 21.4. The Morgan fingerprint density at radius 2 is 1.45 bits per heavy atom. The first-order chi connectivity index (χ1) is 15.4. The summed E-state index contributed by atoms with van der Waals surface area (Å²) in [4.78, 5) is 52.7. The third-order valence-corrected chi connectivity index (χ3v) is 4.62. The van der Waals surface area contributed by atoms with Crippen molar-refractivity contribution in [3.8, 4) is 0 Å². The number of nitrogens with two attached hydrogens (primary N) is 4. The van der Waals surface area contributed by atoms with Gasteiger partial charge in [0.05, 0.1) is 12.1 Å². The molecule has 0 spiro atoms. The number of carboxylic acids is 1. The van der Waals surface area contributed by atoms with Gasteiger partial charge in [-0.15, -0.1) is 0 Å². The number of unbranched alkanes of at least 4 members (excludes halogenated alkanes) is 1. The number of guanidine groups is 1. The van der Waals surface area contributed by atoms with E-state index in [0.717, 1.165) is 0 Å². The highest BCUT2D eigenvalue weighted by Gasteiger charge is 2.31. The third kappa shape index (κ3) is 12.6. The van der Waals surface area contributed by atoms with Crippen molar-refractivity contribution < 1.29 is 29.4 Å². The van der Waals surface area contributed by atoms with Crippen molar-refractivity contribution in [1.29, 1.82) is 0 Å². The van der Waals surface area contributed by atoms with Crippen LogP contribution >= 0.6 is 0 Å². The molecule has 0 aliphatic heterocycles. The minimum atomic E-state index is -1.36. The van der Waals surface area contributed by atoms with E-state index in [2.05, 4.69) is 20.9 Å². The number of carboxylic acid groups (broad SMARTS) is 1. The highest BCUT2D eigenvalue weighted by Crippen LogP contribution is 2.06. The Morgan fingerprint density at radius 3 is 1.94 bits per heavy atom. The van der Waals surface area contributed by atoms with Gasteiger partial charge in [0.25, 0.3) is 0 Å². The summed E-state index contributed by atoms with van der Waals surface area (Å²) in [7, 11) is 0. The quantitative estimate of drug-likeness (QED) is 0.0603. The maximum Gasteiger partial charge on any atom is 0.326 e. The van der Waals surface area contributed by atoms with Crippen LogP contribution in [-0.2, 0) is 19.2 Å². The Kier molecular flexibility index (Phi) is 14.4. The van der Waals surface area contributed by atoms with Crippen LogP contribution in [0.4, 0.5) is 0 Å². The molecular formula is C19H38N8O6. The molecule has 0 bridgehead atoms. The Balaban J connectivity index is 5.34. The van der Waals surface area contributed by atoms with Crippen molar-refractivity contribution in [2.24, 2.45) is 27.9 Å². The largest absolute Gasteiger partial charge is 0.480 e. The zero-order valence-electron chi connectivity index (χ0n) is 19.1. The number of hydrogen-bond acceptors (Lipinski definition) is 8. The lowest BCUT2D eigenvalue weighted by molar-refractivity contribution is -0.142. The fourth-order valence-electron chi connectivity index (χ4n) is 2.75. The summed E-state index contributed by atoms with van der Waals surface area (Å²) >= 11 is 0. The zero-order valence-corrected chi connectivity index (χ0v) is 19.1. The number of nitrogens with one attached hydrogen (secondary N) is 3. The smallest absolute Gasteiger partial charge is 0.326 e. The maximum atomic E-state index is 12.8. The van der Waals surface area contributed by atoms with E-state index >= 15 is 0 Å². The van der Waals surface area contributed by atoms with Gasteiger partial charge < -0.3 is 49.1 Å². The number of carbonyl (C=O) groups excluding carboxylic acids is 3. The van der Waals surface area contributed by atoms with E-state index < -0.39 is 54.0 Å². The molecule has 33 heavy (non-hydrogen) atoms. The summed E-state index contributed by atoms with van der Waals surface area (Å²) in [6.07, 6.45) is 0.296. The Hall–Kier alpha value is -2.97. The van der Waals surface area contributed by atoms with Crippen molar-refractivity contribution in [2.45, 2.75) is 76.2 Å². The monoisotopic (exact) mass is 474 g/mol. The van der Waals surface area contributed by atoms with E-state index in [-0.39, 0.29) is 25.3 Å². The molecule has 3 amide bonds. The van der Waals surface area contributed by atoms with Crippen LogP contribution in [0, 0.1) is 0 Å². The molecule has 14 nitrogen and oxygen atoms in total. The van der Waals surface area contributed by atoms with Gasteiger partial charge in [0.15, 0.2) is 5.96 Å². The van der Waals surface area contributed by atoms with E-state index in [1.165, 1.54) is 13.8 Å². The molecule has 0 aromatic heterocycles. The van der Waals surface area contributed by atoms with Gasteiger partial charge in [0.2, 0.25) is 17.7 Å². The number of hydrogen-bond donors (Lipinski definition) is 9. The van der Waals surface area contributed by atoms with Crippen LogP contribution < -0.4 is 38.9 Å². The molecule has 0 saturated heterocycles. The van der Waals surface area contributed by atoms with Gasteiger partial charge in [0, 0.05) is 6.54 Å². The fourth-order valence-corrected chi connectivity index (χ4v) is 2.75. The van der Waals surface area contributed by atoms with E-state index in [4.69, 9.17) is 22.9 Å². The number of nitrogens with zero attached hydrogens (tertiary/aromatic N) is 1. The summed E-state index contributed by atoms with van der Waals surface area (Å²) < 4.78 is 0. The molecule has 0 aromatic rings. The van der Waals surface area contributed by atoms with Crippen molar-refractivity contribution in [3.05, 3.63) is 0 Å². The Labute approximate surface area is 192 Å². The minimum absolute atomic E-state index is 0.0576. The minimum Gasteiger partial charge on any atom is -0.480 e. The zero-order chi connectivity index (χ0) is 25.6. The second-order valence-electron chi connectivity index (χ2n) is 7.71. The molecule has 0 aliphatic carbocycles. The van der Waals surface area contributed by atoms with E-state index in [9.17, 15) is 29.4 Å². The van der Waals surface area contributed by atoms with Gasteiger partial charge in [-0.1, -0.05) is 0 Å². The average Bonchev–Trinajstić information content (AvgIpc) is 2.72. The van der Waals surface area contributed by atoms with Gasteiger partial charge in [0.1, 0.15) is 18.1 Å². The molecule has 190 valence electrons. The SMILES string of the molecule is CC(N)C(=O)NC(C(=O)NC(CCCCN)C(=O)NC(CCCN=C(N)N)C(=O)O)C(C)O. The van der Waals surface area contributed by atoms with E-state index in [0.29, 0.717) is 25.8 Å². The number of aliphatic imine (C=N–C) groups is 1. The van der Waals surface area contributed by atoms with E-state index in [1.807, 2.05) is 0 Å². The first-order valence-corrected chi connectivity index (χ1v) is 10.7. The van der Waals surface area contributed by atoms with Crippen LogP contribution in [0.2, 0.25) is 0 Å². The molecule has 0 radical (unpaired) electrons. The van der Waals surface area contributed by atoms with Gasteiger partial charge in [-0.05, 0) is 52.5 Å². The van der Waals surface area contributed by atoms with E-state index in [1.54, 1.807) is 0 Å². The molecule has 0 saturated carbocycles. The predicted molar refractivity (Wildman–Crippen MR) is 122 cm³/mol. The summed E-state index contributed by atoms with van der Waals surface area (Å²) in [6.45, 7) is 3.26. The lowest BCUT2D eigenvalue weighted by atomic mass is 10.0. The third-order valence-electron chi connectivity index (χ3n) is 4.62. The first-order valence-electron chi connectivity index (χ1n) is 10.7. The van der Waals surface area contributed by atoms with Crippen LogP contribution in [-0.4, -0.2) is 83.2 Å². The second-order valence-corrected chi connectivity index (χ2v) is 7.71. The summed E-state index contributed by atoms with van der Waals surface area (Å²) in [5.74, 6) is -3.58. The maximum absolute atomic E-state index is 12.8. The predicted octanol–water partition coefficient (Wildman–Crippen LogP) is -3.56. The van der Waals surface area contributed by atoms with Crippen LogP contribution in [0.3, 0.4) is 0 Å². The highest BCUT2D eigenvalue weighted by molar-refractivity contribution is 5.94. The Bertz CT molecular complexity index is 681. The number of carbonyl (C=O) groups is 4. The molecule has 0 rings (SSSR count). The lowest BCUT2D eigenvalue weighted by Crippen LogP contribution is -2.59. The van der Waals surface area contributed by atoms with Crippen LogP contribution in [0.25, 0.3) is 0 Å². The van der Waals surface area contributed by atoms with Crippen LogP contribution in [0.1, 0.15) is 46.0 Å². The molecule has 5 atom stereocenters. The standard InChI is InChI=1S/C19H38N8O6/c1-10(21)15(29)27-14(11(2)28)17(31)25-12(6-3-4-8-20)16(30)26-13(18(32)33)7-5-9-24-19(22)23/h10-14,28H,3-9,20-21H2,1-2H3,(H,25,31)(H,26,30)(H,27,29)(H,32,33)(H4,22,23,24). The number of aliphatic hydroxyl groups is 1. The van der Waals surface area contributed by atoms with Crippen molar-refractivity contribution in [2.75, 3.05) is 13.1 Å². The fraction of sp³-hybridized carbons (Fsp3) is 0.737. The van der Waals surface area contributed by atoms with Gasteiger partial charge >= 0.3 is 5.97 Å². The van der Waals surface area contributed by atoms with Gasteiger partial charge in [-0.3, -0.25) is 19.4 Å². The van der Waals surface area contributed by atoms with Crippen molar-refractivity contribution in [1.82, 2.24) is 16.0 Å². The summed E-state index contributed by atoms with van der Waals surface area (Å²) in [6, 6.07) is -4.62. The Morgan fingerprint density at radius 1 is 0.879 bits per heavy atom. The van der Waals surface area contributed by atoms with Crippen LogP contribution in [0.5, 0.6) is 0 Å². The molecule has 5 unspecified atom stereocenters. The molecule has 0 aromatic carbocycles. The number of amides is 3. The molecule has 13 N–H and O–H groups in total. The normalized spacial score (nSPS) is 15.3. The van der Waals surface area contributed by atoms with Gasteiger partial charge in [-0.2, -0.15) is 0 Å². The number of aliphatic hydroxyl groups excluding tert-OH is 1. The van der Waals surface area contributed by atoms with Gasteiger partial charge in [-0.25, -0.2) is 4.79 Å². The average molecular weight is 475 g/mol. The number of aliphatic carboxylic acids is 1. The summed E-state index contributed by atoms with van der Waals surface area (Å²) in [5, 5.41) is 26.5. The first kappa shape index (κ1) is 30.0. The molecule has 0 fully saturated rings. The van der Waals surface area contributed by atoms with Crippen molar-refractivity contribution >= 4 is 29.7 Å². The molecule has 14 heteroatoms. The van der Waals surface area contributed by atoms with Crippen molar-refractivity contribution in [3.63, 3.8) is 0 Å². The highest BCUT2D eigenvalue weighted by atomic mass is 16.4. The number of rotatable bonds is 16. The molecule has 0 aliphatic rings. The lowest BCUT2D eigenvalue weighted by Gasteiger charge is -2.26. The second kappa shape index (κ2) is 15.8.